The summed E-state index contributed by atoms with van der Waals surface area (Å²) in [5.74, 6) is 0.683. The van der Waals surface area contributed by atoms with Crippen molar-refractivity contribution in [1.29, 1.82) is 0 Å². The molecular formula is C15H18BrN3O. The number of benzene rings is 1. The van der Waals surface area contributed by atoms with Gasteiger partial charge in [0.1, 0.15) is 6.61 Å². The van der Waals surface area contributed by atoms with Gasteiger partial charge in [-0.2, -0.15) is 5.10 Å². The quantitative estimate of drug-likeness (QED) is 0.861. The fourth-order valence-corrected chi connectivity index (χ4v) is 3.15. The molecule has 106 valence electrons. The Labute approximate surface area is 127 Å². The van der Waals surface area contributed by atoms with E-state index in [0.29, 0.717) is 24.1 Å². The molecule has 1 aliphatic rings. The minimum Gasteiger partial charge on any atom is -0.484 e. The fraction of sp³-hybridized carbons (Fsp3) is 0.400. The Bertz CT molecular complexity index is 570. The van der Waals surface area contributed by atoms with Crippen LogP contribution in [0.3, 0.4) is 0 Å². The lowest BCUT2D eigenvalue weighted by atomic mass is 10.3. The molecule has 0 spiro atoms. The van der Waals surface area contributed by atoms with Crippen molar-refractivity contribution >= 4 is 21.6 Å². The van der Waals surface area contributed by atoms with E-state index < -0.39 is 0 Å². The van der Waals surface area contributed by atoms with Crippen molar-refractivity contribution in [3.63, 3.8) is 0 Å². The lowest BCUT2D eigenvalue weighted by Crippen LogP contribution is -2.06. The third-order valence-electron chi connectivity index (χ3n) is 3.72. The third-order valence-corrected chi connectivity index (χ3v) is 4.35. The molecule has 0 aliphatic heterocycles. The van der Waals surface area contributed by atoms with Crippen molar-refractivity contribution < 1.29 is 4.74 Å². The molecule has 20 heavy (non-hydrogen) atoms. The number of nitrogens with zero attached hydrogens (tertiary/aromatic N) is 2. The number of anilines is 1. The van der Waals surface area contributed by atoms with Gasteiger partial charge < -0.3 is 10.5 Å². The summed E-state index contributed by atoms with van der Waals surface area (Å²) in [7, 11) is 0. The molecule has 0 atom stereocenters. The summed E-state index contributed by atoms with van der Waals surface area (Å²) in [4.78, 5) is 0. The minimum absolute atomic E-state index is 0.437. The van der Waals surface area contributed by atoms with Crippen LogP contribution in [-0.4, -0.2) is 9.78 Å². The average Bonchev–Trinajstić information content (AvgIpc) is 3.09. The number of hydrogen-bond donors (Lipinski definition) is 1. The number of nitrogen functional groups attached to an aromatic ring is 1. The van der Waals surface area contributed by atoms with Crippen molar-refractivity contribution in [3.8, 4) is 5.75 Å². The van der Waals surface area contributed by atoms with E-state index in [1.54, 1.807) is 0 Å². The number of rotatable bonds is 4. The van der Waals surface area contributed by atoms with Gasteiger partial charge >= 0.3 is 0 Å². The Kier molecular flexibility index (Phi) is 3.96. The van der Waals surface area contributed by atoms with Crippen molar-refractivity contribution in [2.45, 2.75) is 38.3 Å². The molecule has 2 aromatic rings. The number of hydrogen-bond acceptors (Lipinski definition) is 3. The highest BCUT2D eigenvalue weighted by molar-refractivity contribution is 9.10. The van der Waals surface area contributed by atoms with Crippen molar-refractivity contribution in [3.05, 3.63) is 40.6 Å². The van der Waals surface area contributed by atoms with E-state index >= 15 is 0 Å². The van der Waals surface area contributed by atoms with Crippen LogP contribution in [0, 0.1) is 0 Å². The molecular weight excluding hydrogens is 318 g/mol. The van der Waals surface area contributed by atoms with E-state index in [1.807, 2.05) is 24.3 Å². The molecule has 3 rings (SSSR count). The number of halogens is 1. The van der Waals surface area contributed by atoms with Gasteiger partial charge in [-0.1, -0.05) is 18.9 Å². The first-order chi connectivity index (χ1) is 9.74. The zero-order chi connectivity index (χ0) is 13.9. The molecule has 1 aliphatic carbocycles. The van der Waals surface area contributed by atoms with E-state index in [-0.39, 0.29) is 0 Å². The van der Waals surface area contributed by atoms with Gasteiger partial charge in [0.25, 0.3) is 0 Å². The van der Waals surface area contributed by atoms with Gasteiger partial charge in [-0.25, -0.2) is 0 Å². The van der Waals surface area contributed by atoms with E-state index in [0.717, 1.165) is 10.2 Å². The van der Waals surface area contributed by atoms with Crippen molar-refractivity contribution in [2.75, 3.05) is 5.73 Å². The minimum atomic E-state index is 0.437. The van der Waals surface area contributed by atoms with E-state index in [4.69, 9.17) is 10.5 Å². The predicted molar refractivity (Wildman–Crippen MR) is 82.6 cm³/mol. The monoisotopic (exact) mass is 335 g/mol. The Hall–Kier alpha value is -1.49. The van der Waals surface area contributed by atoms with Gasteiger partial charge in [0, 0.05) is 6.20 Å². The van der Waals surface area contributed by atoms with Gasteiger partial charge in [0.05, 0.1) is 21.9 Å². The molecule has 1 aromatic carbocycles. The maximum Gasteiger partial charge on any atom is 0.156 e. The van der Waals surface area contributed by atoms with Crippen molar-refractivity contribution in [2.24, 2.45) is 0 Å². The topological polar surface area (TPSA) is 53.1 Å². The highest BCUT2D eigenvalue weighted by Gasteiger charge is 2.17. The summed E-state index contributed by atoms with van der Waals surface area (Å²) in [5.41, 5.74) is 7.48. The largest absolute Gasteiger partial charge is 0.484 e. The highest BCUT2D eigenvalue weighted by atomic mass is 79.9. The second-order valence-corrected chi connectivity index (χ2v) is 6.03. The van der Waals surface area contributed by atoms with Gasteiger partial charge in [-0.05, 0) is 47.0 Å². The molecule has 0 unspecified atom stereocenters. The molecule has 2 N–H and O–H groups in total. The average molecular weight is 336 g/mol. The maximum atomic E-state index is 5.91. The number of nitrogens with two attached hydrogens (primary N) is 1. The van der Waals surface area contributed by atoms with Crippen LogP contribution >= 0.6 is 15.9 Å². The molecule has 0 radical (unpaired) electrons. The van der Waals surface area contributed by atoms with Gasteiger partial charge in [-0.3, -0.25) is 4.68 Å². The first kappa shape index (κ1) is 13.5. The van der Waals surface area contributed by atoms with Gasteiger partial charge in [-0.15, -0.1) is 0 Å². The second-order valence-electron chi connectivity index (χ2n) is 5.17. The normalized spacial score (nSPS) is 15.7. The number of aromatic nitrogens is 2. The molecule has 0 amide bonds. The molecule has 5 heteroatoms. The van der Waals surface area contributed by atoms with E-state index in [2.05, 4.69) is 31.9 Å². The van der Waals surface area contributed by atoms with E-state index in [9.17, 15) is 0 Å². The van der Waals surface area contributed by atoms with Crippen LogP contribution in [0.25, 0.3) is 0 Å². The predicted octanol–water partition coefficient (Wildman–Crippen LogP) is 3.92. The first-order valence-electron chi connectivity index (χ1n) is 6.95. The van der Waals surface area contributed by atoms with Crippen LogP contribution in [0.5, 0.6) is 5.75 Å². The van der Waals surface area contributed by atoms with E-state index in [1.165, 1.54) is 25.7 Å². The number of para-hydroxylation sites is 1. The molecule has 1 heterocycles. The standard InChI is InChI=1S/C15H18BrN3O/c16-13-6-3-7-14(17)15(13)20-10-11-8-9-19(18-11)12-4-1-2-5-12/h3,6-9,12H,1-2,4-5,10,17H2. The Morgan fingerprint density at radius 3 is 2.85 bits per heavy atom. The molecule has 0 saturated heterocycles. The number of ether oxygens (including phenoxy) is 1. The van der Waals surface area contributed by atoms with Crippen LogP contribution in [0.15, 0.2) is 34.9 Å². The van der Waals surface area contributed by atoms with Crippen molar-refractivity contribution in [1.82, 2.24) is 9.78 Å². The van der Waals surface area contributed by atoms with Crippen LogP contribution in [0.4, 0.5) is 5.69 Å². The second kappa shape index (κ2) is 5.87. The molecule has 4 nitrogen and oxygen atoms in total. The summed E-state index contributed by atoms with van der Waals surface area (Å²) in [6, 6.07) is 8.23. The van der Waals surface area contributed by atoms with Crippen LogP contribution in [0.2, 0.25) is 0 Å². The summed E-state index contributed by atoms with van der Waals surface area (Å²) in [5, 5.41) is 4.60. The van der Waals surface area contributed by atoms with Crippen LogP contribution < -0.4 is 10.5 Å². The molecule has 1 fully saturated rings. The fourth-order valence-electron chi connectivity index (χ4n) is 2.65. The first-order valence-corrected chi connectivity index (χ1v) is 7.74. The van der Waals surface area contributed by atoms with Crippen LogP contribution in [0.1, 0.15) is 37.4 Å². The summed E-state index contributed by atoms with van der Waals surface area (Å²) >= 11 is 3.45. The summed E-state index contributed by atoms with van der Waals surface area (Å²) in [6.07, 6.45) is 7.14. The zero-order valence-corrected chi connectivity index (χ0v) is 12.8. The lowest BCUT2D eigenvalue weighted by molar-refractivity contribution is 0.297. The highest BCUT2D eigenvalue weighted by Crippen LogP contribution is 2.32. The summed E-state index contributed by atoms with van der Waals surface area (Å²) < 4.78 is 8.73. The SMILES string of the molecule is Nc1cccc(Br)c1OCc1ccn(C2CCCC2)n1. The Morgan fingerprint density at radius 1 is 1.30 bits per heavy atom. The van der Waals surface area contributed by atoms with Gasteiger partial charge in [0.2, 0.25) is 0 Å². The summed E-state index contributed by atoms with van der Waals surface area (Å²) in [6.45, 7) is 0.437. The lowest BCUT2D eigenvalue weighted by Gasteiger charge is -2.10. The third kappa shape index (κ3) is 2.82. The molecule has 1 aromatic heterocycles. The smallest absolute Gasteiger partial charge is 0.156 e. The van der Waals surface area contributed by atoms with Gasteiger partial charge in [0.15, 0.2) is 5.75 Å². The Morgan fingerprint density at radius 2 is 2.10 bits per heavy atom. The zero-order valence-electron chi connectivity index (χ0n) is 11.3. The van der Waals surface area contributed by atoms with Crippen LogP contribution in [-0.2, 0) is 6.61 Å². The molecule has 1 saturated carbocycles. The maximum absolute atomic E-state index is 5.91. The Balaban J connectivity index is 1.66. The molecule has 0 bridgehead atoms.